The number of benzene rings is 3. The van der Waals surface area contributed by atoms with Crippen LogP contribution in [0.15, 0.2) is 65.8 Å². The van der Waals surface area contributed by atoms with Crippen LogP contribution in [0.25, 0.3) is 10.8 Å². The molecule has 0 bridgehead atoms. The molecule has 3 aromatic carbocycles. The van der Waals surface area contributed by atoms with Gasteiger partial charge in [0.05, 0.1) is 6.21 Å². The van der Waals surface area contributed by atoms with Crippen LogP contribution in [-0.4, -0.2) is 18.7 Å². The summed E-state index contributed by atoms with van der Waals surface area (Å²) in [6.45, 7) is 3.97. The highest BCUT2D eigenvalue weighted by atomic mass is 16.5. The fourth-order valence-corrected chi connectivity index (χ4v) is 2.58. The molecule has 0 saturated heterocycles. The molecule has 0 saturated carbocycles. The molecule has 0 aliphatic heterocycles. The first-order valence-electron chi connectivity index (χ1n) is 8.12. The topological polar surface area (TPSA) is 50.7 Å². The third-order valence-electron chi connectivity index (χ3n) is 3.91. The maximum Gasteiger partial charge on any atom is 0.277 e. The van der Waals surface area contributed by atoms with Gasteiger partial charge in [-0.15, -0.1) is 0 Å². The fourth-order valence-electron chi connectivity index (χ4n) is 2.58. The number of carbonyl (C=O) groups is 1. The number of aryl methyl sites for hydroxylation is 2. The number of nitrogens with one attached hydrogen (secondary N) is 1. The standard InChI is InChI=1S/C21H20N2O2/c1-15-7-8-19(16(2)11-15)13-22-23-21(24)14-25-20-10-9-17-5-3-4-6-18(17)12-20/h3-13H,14H2,1-2H3,(H,23,24)/b22-13-. The number of nitrogens with zero attached hydrogens (tertiary/aromatic N) is 1. The molecular formula is C21H20N2O2. The van der Waals surface area contributed by atoms with Crippen molar-refractivity contribution in [2.24, 2.45) is 5.10 Å². The number of fused-ring (bicyclic) bond motifs is 1. The zero-order chi connectivity index (χ0) is 17.6. The van der Waals surface area contributed by atoms with Crippen molar-refractivity contribution in [1.29, 1.82) is 0 Å². The second kappa shape index (κ2) is 7.62. The van der Waals surface area contributed by atoms with Crippen molar-refractivity contribution in [3.8, 4) is 5.75 Å². The number of ether oxygens (including phenoxy) is 1. The van der Waals surface area contributed by atoms with Gasteiger partial charge in [0.25, 0.3) is 5.91 Å². The summed E-state index contributed by atoms with van der Waals surface area (Å²) in [6.07, 6.45) is 1.64. The van der Waals surface area contributed by atoms with Crippen LogP contribution in [0.5, 0.6) is 5.75 Å². The van der Waals surface area contributed by atoms with E-state index >= 15 is 0 Å². The minimum absolute atomic E-state index is 0.0808. The van der Waals surface area contributed by atoms with Gasteiger partial charge in [-0.2, -0.15) is 5.10 Å². The maximum absolute atomic E-state index is 11.9. The molecule has 0 fully saturated rings. The van der Waals surface area contributed by atoms with Crippen molar-refractivity contribution in [2.75, 3.05) is 6.61 Å². The van der Waals surface area contributed by atoms with Gasteiger partial charge < -0.3 is 4.74 Å². The lowest BCUT2D eigenvalue weighted by molar-refractivity contribution is -0.123. The van der Waals surface area contributed by atoms with Gasteiger partial charge in [-0.25, -0.2) is 5.43 Å². The van der Waals surface area contributed by atoms with Crippen LogP contribution in [-0.2, 0) is 4.79 Å². The number of rotatable bonds is 5. The van der Waals surface area contributed by atoms with Gasteiger partial charge in [-0.1, -0.05) is 54.1 Å². The first-order valence-corrected chi connectivity index (χ1v) is 8.12. The molecule has 0 aromatic heterocycles. The summed E-state index contributed by atoms with van der Waals surface area (Å²) in [5.74, 6) is 0.362. The Morgan fingerprint density at radius 3 is 2.64 bits per heavy atom. The molecule has 0 aliphatic carbocycles. The minimum Gasteiger partial charge on any atom is -0.484 e. The van der Waals surface area contributed by atoms with Crippen LogP contribution in [0.2, 0.25) is 0 Å². The van der Waals surface area contributed by atoms with Crippen LogP contribution >= 0.6 is 0 Å². The van der Waals surface area contributed by atoms with Crippen molar-refractivity contribution >= 4 is 22.9 Å². The second-order valence-electron chi connectivity index (χ2n) is 5.95. The fraction of sp³-hybridized carbons (Fsp3) is 0.143. The summed E-state index contributed by atoms with van der Waals surface area (Å²) in [4.78, 5) is 11.9. The van der Waals surface area contributed by atoms with Gasteiger partial charge in [0, 0.05) is 0 Å². The van der Waals surface area contributed by atoms with Crippen LogP contribution in [0, 0.1) is 13.8 Å². The Labute approximate surface area is 147 Å². The van der Waals surface area contributed by atoms with Gasteiger partial charge in [0.15, 0.2) is 6.61 Å². The average molecular weight is 332 g/mol. The van der Waals surface area contributed by atoms with Gasteiger partial charge in [-0.05, 0) is 47.9 Å². The Morgan fingerprint density at radius 1 is 1.04 bits per heavy atom. The van der Waals surface area contributed by atoms with Crippen molar-refractivity contribution in [1.82, 2.24) is 5.43 Å². The van der Waals surface area contributed by atoms with E-state index in [9.17, 15) is 4.79 Å². The minimum atomic E-state index is -0.297. The first-order chi connectivity index (χ1) is 12.1. The molecule has 3 aromatic rings. The zero-order valence-corrected chi connectivity index (χ0v) is 14.3. The molecule has 0 aliphatic rings. The lowest BCUT2D eigenvalue weighted by atomic mass is 10.1. The molecule has 4 nitrogen and oxygen atoms in total. The molecule has 0 unspecified atom stereocenters. The Bertz CT molecular complexity index is 932. The van der Waals surface area contributed by atoms with Crippen molar-refractivity contribution in [3.05, 3.63) is 77.4 Å². The van der Waals surface area contributed by atoms with Gasteiger partial charge in [0.1, 0.15) is 5.75 Å². The summed E-state index contributed by atoms with van der Waals surface area (Å²) in [7, 11) is 0. The number of amides is 1. The van der Waals surface area contributed by atoms with E-state index in [1.54, 1.807) is 6.21 Å². The molecule has 0 radical (unpaired) electrons. The van der Waals surface area contributed by atoms with E-state index in [0.29, 0.717) is 5.75 Å². The first kappa shape index (κ1) is 16.7. The highest BCUT2D eigenvalue weighted by Gasteiger charge is 2.03. The zero-order valence-electron chi connectivity index (χ0n) is 14.3. The number of carbonyl (C=O) groups excluding carboxylic acids is 1. The normalized spacial score (nSPS) is 11.0. The second-order valence-corrected chi connectivity index (χ2v) is 5.95. The van der Waals surface area contributed by atoms with Gasteiger partial charge in [0.2, 0.25) is 0 Å². The van der Waals surface area contributed by atoms with E-state index in [1.807, 2.05) is 68.4 Å². The Morgan fingerprint density at radius 2 is 1.84 bits per heavy atom. The lowest BCUT2D eigenvalue weighted by Gasteiger charge is -2.06. The Balaban J connectivity index is 1.54. The molecule has 0 heterocycles. The monoisotopic (exact) mass is 332 g/mol. The quantitative estimate of drug-likeness (QED) is 0.567. The molecule has 126 valence electrons. The predicted molar refractivity (Wildman–Crippen MR) is 101 cm³/mol. The highest BCUT2D eigenvalue weighted by Crippen LogP contribution is 2.20. The third-order valence-corrected chi connectivity index (χ3v) is 3.91. The highest BCUT2D eigenvalue weighted by molar-refractivity contribution is 5.85. The van der Waals surface area contributed by atoms with Crippen molar-refractivity contribution in [3.63, 3.8) is 0 Å². The molecule has 1 amide bonds. The molecule has 0 spiro atoms. The number of hydrazone groups is 1. The number of hydrogen-bond donors (Lipinski definition) is 1. The predicted octanol–water partition coefficient (Wildman–Crippen LogP) is 3.99. The van der Waals surface area contributed by atoms with E-state index in [2.05, 4.69) is 16.6 Å². The third kappa shape index (κ3) is 4.44. The molecule has 1 N–H and O–H groups in total. The summed E-state index contributed by atoms with van der Waals surface area (Å²) >= 11 is 0. The maximum atomic E-state index is 11.9. The van der Waals surface area contributed by atoms with Crippen molar-refractivity contribution < 1.29 is 9.53 Å². The van der Waals surface area contributed by atoms with E-state index in [-0.39, 0.29) is 12.5 Å². The van der Waals surface area contributed by atoms with Gasteiger partial charge in [-0.3, -0.25) is 4.79 Å². The Hall–Kier alpha value is -3.14. The van der Waals surface area contributed by atoms with Crippen LogP contribution in [0.3, 0.4) is 0 Å². The molecular weight excluding hydrogens is 312 g/mol. The molecule has 4 heteroatoms. The van der Waals surface area contributed by atoms with Crippen LogP contribution < -0.4 is 10.2 Å². The lowest BCUT2D eigenvalue weighted by Crippen LogP contribution is -2.24. The van der Waals surface area contributed by atoms with Crippen LogP contribution in [0.4, 0.5) is 0 Å². The molecule has 25 heavy (non-hydrogen) atoms. The smallest absolute Gasteiger partial charge is 0.277 e. The molecule has 3 rings (SSSR count). The largest absolute Gasteiger partial charge is 0.484 e. The van der Waals surface area contributed by atoms with Gasteiger partial charge >= 0.3 is 0 Å². The summed E-state index contributed by atoms with van der Waals surface area (Å²) < 4.78 is 5.53. The van der Waals surface area contributed by atoms with Crippen molar-refractivity contribution in [2.45, 2.75) is 13.8 Å². The summed E-state index contributed by atoms with van der Waals surface area (Å²) in [5, 5.41) is 6.20. The van der Waals surface area contributed by atoms with E-state index in [0.717, 1.165) is 21.9 Å². The SMILES string of the molecule is Cc1ccc(/C=N\NC(=O)COc2ccc3ccccc3c2)c(C)c1. The summed E-state index contributed by atoms with van der Waals surface area (Å²) in [5.41, 5.74) is 5.77. The van der Waals surface area contributed by atoms with E-state index in [4.69, 9.17) is 4.74 Å². The molecule has 0 atom stereocenters. The van der Waals surface area contributed by atoms with E-state index in [1.165, 1.54) is 5.56 Å². The average Bonchev–Trinajstić information content (AvgIpc) is 2.61. The van der Waals surface area contributed by atoms with Crippen LogP contribution in [0.1, 0.15) is 16.7 Å². The number of hydrogen-bond acceptors (Lipinski definition) is 3. The summed E-state index contributed by atoms with van der Waals surface area (Å²) in [6, 6.07) is 19.8. The van der Waals surface area contributed by atoms with E-state index < -0.39 is 0 Å². The Kier molecular flexibility index (Phi) is 5.09.